The van der Waals surface area contributed by atoms with Crippen molar-refractivity contribution in [1.82, 2.24) is 20.5 Å². The van der Waals surface area contributed by atoms with Crippen LogP contribution in [0, 0.1) is 0 Å². The van der Waals surface area contributed by atoms with Gasteiger partial charge in [0.05, 0.1) is 11.0 Å². The summed E-state index contributed by atoms with van der Waals surface area (Å²) in [4.78, 5) is 34.3. The molecular weight excluding hydrogens is 534 g/mol. The SMILES string of the molecule is O=C(O)C(CNC(=O)C1CC(CCCCNc2ccccn2)ON1)NS(=O)(=O)c1ccccc1-c1ccccc1. The molecule has 5 N–H and O–H groups in total. The van der Waals surface area contributed by atoms with Crippen molar-refractivity contribution in [3.05, 3.63) is 79.0 Å². The van der Waals surface area contributed by atoms with E-state index in [4.69, 9.17) is 4.84 Å². The number of nitrogens with one attached hydrogen (secondary N) is 4. The Morgan fingerprint density at radius 1 is 1.02 bits per heavy atom. The quantitative estimate of drug-likeness (QED) is 0.185. The van der Waals surface area contributed by atoms with E-state index in [2.05, 4.69) is 25.8 Å². The molecule has 1 amide bonds. The molecule has 1 saturated heterocycles. The molecule has 2 aromatic carbocycles. The largest absolute Gasteiger partial charge is 0.480 e. The molecule has 40 heavy (non-hydrogen) atoms. The molecule has 1 aliphatic heterocycles. The highest BCUT2D eigenvalue weighted by molar-refractivity contribution is 7.89. The van der Waals surface area contributed by atoms with Crippen LogP contribution >= 0.6 is 0 Å². The van der Waals surface area contributed by atoms with Gasteiger partial charge in [-0.25, -0.2) is 13.4 Å². The summed E-state index contributed by atoms with van der Waals surface area (Å²) in [5.41, 5.74) is 3.82. The Morgan fingerprint density at radius 3 is 2.52 bits per heavy atom. The van der Waals surface area contributed by atoms with Gasteiger partial charge in [-0.15, -0.1) is 0 Å². The van der Waals surface area contributed by atoms with Crippen LogP contribution in [-0.2, 0) is 24.4 Å². The molecule has 1 aliphatic rings. The zero-order chi connectivity index (χ0) is 28.4. The van der Waals surface area contributed by atoms with Crippen LogP contribution in [0.2, 0.25) is 0 Å². The fourth-order valence-electron chi connectivity index (χ4n) is 4.37. The highest BCUT2D eigenvalue weighted by Gasteiger charge is 2.32. The highest BCUT2D eigenvalue weighted by Crippen LogP contribution is 2.27. The van der Waals surface area contributed by atoms with E-state index in [1.807, 2.05) is 24.3 Å². The molecule has 0 bridgehead atoms. The Labute approximate surface area is 233 Å². The molecule has 12 heteroatoms. The van der Waals surface area contributed by atoms with E-state index in [9.17, 15) is 23.1 Å². The number of sulfonamides is 1. The van der Waals surface area contributed by atoms with Crippen molar-refractivity contribution in [2.24, 2.45) is 0 Å². The zero-order valence-electron chi connectivity index (χ0n) is 21.8. The van der Waals surface area contributed by atoms with Gasteiger partial charge in [-0.05, 0) is 43.0 Å². The summed E-state index contributed by atoms with van der Waals surface area (Å²) < 4.78 is 28.6. The van der Waals surface area contributed by atoms with Crippen molar-refractivity contribution in [3.8, 4) is 11.1 Å². The predicted molar refractivity (Wildman–Crippen MR) is 150 cm³/mol. The molecule has 212 valence electrons. The lowest BCUT2D eigenvalue weighted by atomic mass is 10.1. The second kappa shape index (κ2) is 14.0. The van der Waals surface area contributed by atoms with Gasteiger partial charge in [0, 0.05) is 31.3 Å². The Kier molecular flexibility index (Phi) is 10.2. The Morgan fingerprint density at radius 2 is 1.77 bits per heavy atom. The number of hydrogen-bond donors (Lipinski definition) is 5. The van der Waals surface area contributed by atoms with Crippen LogP contribution < -0.4 is 20.8 Å². The van der Waals surface area contributed by atoms with Crippen molar-refractivity contribution in [3.63, 3.8) is 0 Å². The van der Waals surface area contributed by atoms with Crippen LogP contribution in [0.5, 0.6) is 0 Å². The Hall–Kier alpha value is -3.84. The number of anilines is 1. The Balaban J connectivity index is 1.25. The second-order valence-electron chi connectivity index (χ2n) is 9.40. The maximum absolute atomic E-state index is 13.2. The van der Waals surface area contributed by atoms with E-state index in [1.54, 1.807) is 48.7 Å². The van der Waals surface area contributed by atoms with Gasteiger partial charge in [0.2, 0.25) is 15.9 Å². The first kappa shape index (κ1) is 29.2. The second-order valence-corrected chi connectivity index (χ2v) is 11.1. The van der Waals surface area contributed by atoms with Crippen molar-refractivity contribution in [1.29, 1.82) is 0 Å². The molecular formula is C28H33N5O6S. The van der Waals surface area contributed by atoms with E-state index < -0.39 is 40.5 Å². The van der Waals surface area contributed by atoms with E-state index in [1.165, 1.54) is 6.07 Å². The molecule has 1 fully saturated rings. The van der Waals surface area contributed by atoms with Gasteiger partial charge in [-0.1, -0.05) is 54.6 Å². The number of unbranched alkanes of at least 4 members (excludes halogenated alkanes) is 1. The molecule has 0 radical (unpaired) electrons. The molecule has 1 aromatic heterocycles. The maximum Gasteiger partial charge on any atom is 0.323 e. The number of rotatable bonds is 14. The van der Waals surface area contributed by atoms with Crippen molar-refractivity contribution < 1.29 is 28.0 Å². The molecule has 11 nitrogen and oxygen atoms in total. The number of carbonyl (C=O) groups is 2. The number of nitrogens with zero attached hydrogens (tertiary/aromatic N) is 1. The molecule has 3 atom stereocenters. The van der Waals surface area contributed by atoms with Gasteiger partial charge in [-0.3, -0.25) is 14.4 Å². The predicted octanol–water partition coefficient (Wildman–Crippen LogP) is 2.54. The third kappa shape index (κ3) is 8.09. The summed E-state index contributed by atoms with van der Waals surface area (Å²) >= 11 is 0. The highest BCUT2D eigenvalue weighted by atomic mass is 32.2. The zero-order valence-corrected chi connectivity index (χ0v) is 22.6. The molecule has 0 spiro atoms. The van der Waals surface area contributed by atoms with Crippen LogP contribution in [0.4, 0.5) is 5.82 Å². The van der Waals surface area contributed by atoms with Gasteiger partial charge in [0.15, 0.2) is 0 Å². The van der Waals surface area contributed by atoms with Gasteiger partial charge in [-0.2, -0.15) is 10.2 Å². The average molecular weight is 568 g/mol. The lowest BCUT2D eigenvalue weighted by molar-refractivity contribution is -0.139. The fraction of sp³-hybridized carbons (Fsp3) is 0.321. The van der Waals surface area contributed by atoms with Gasteiger partial charge in [0.25, 0.3) is 0 Å². The lowest BCUT2D eigenvalue weighted by Crippen LogP contribution is -2.51. The smallest absolute Gasteiger partial charge is 0.323 e. The van der Waals surface area contributed by atoms with Crippen LogP contribution in [0.25, 0.3) is 11.1 Å². The molecule has 2 heterocycles. The number of carboxylic acids is 1. The van der Waals surface area contributed by atoms with Gasteiger partial charge < -0.3 is 15.7 Å². The van der Waals surface area contributed by atoms with Crippen LogP contribution in [-0.4, -0.2) is 61.7 Å². The Bertz CT molecular complexity index is 1370. The standard InChI is InChI=1S/C28H33N5O6S/c34-27(23-18-21(39-32-23)12-6-8-16-29-26-15-7-9-17-30-26)31-19-24(28(35)36)33-40(37,38)25-14-5-4-13-22(25)20-10-2-1-3-11-20/h1-5,7,9-11,13-15,17,21,23-24,32-33H,6,8,12,16,18-19H2,(H,29,30)(H,31,34)(H,35,36). The minimum atomic E-state index is -4.22. The number of amides is 1. The van der Waals surface area contributed by atoms with E-state index in [0.29, 0.717) is 17.5 Å². The summed E-state index contributed by atoms with van der Waals surface area (Å²) in [6, 6.07) is 18.7. The van der Waals surface area contributed by atoms with Crippen LogP contribution in [0.3, 0.4) is 0 Å². The number of aliphatic carboxylic acids is 1. The van der Waals surface area contributed by atoms with Crippen molar-refractivity contribution in [2.75, 3.05) is 18.4 Å². The number of benzene rings is 2. The normalized spacial score (nSPS) is 17.7. The third-order valence-corrected chi connectivity index (χ3v) is 7.98. The topological polar surface area (TPSA) is 159 Å². The monoisotopic (exact) mass is 567 g/mol. The van der Waals surface area contributed by atoms with Gasteiger partial charge in [0.1, 0.15) is 17.9 Å². The maximum atomic E-state index is 13.2. The van der Waals surface area contributed by atoms with Crippen LogP contribution in [0.15, 0.2) is 83.9 Å². The molecule has 3 unspecified atom stereocenters. The van der Waals surface area contributed by atoms with E-state index in [-0.39, 0.29) is 11.0 Å². The lowest BCUT2D eigenvalue weighted by Gasteiger charge is -2.18. The number of pyridine rings is 1. The summed E-state index contributed by atoms with van der Waals surface area (Å²) in [5.74, 6) is -1.05. The molecule has 3 aromatic rings. The van der Waals surface area contributed by atoms with Crippen molar-refractivity contribution in [2.45, 2.75) is 48.8 Å². The molecule has 0 saturated carbocycles. The average Bonchev–Trinajstić information content (AvgIpc) is 3.45. The number of carboxylic acid groups (broad SMARTS) is 1. The first-order chi connectivity index (χ1) is 19.3. The summed E-state index contributed by atoms with van der Waals surface area (Å²) in [6.07, 6.45) is 4.53. The van der Waals surface area contributed by atoms with E-state index >= 15 is 0 Å². The first-order valence-corrected chi connectivity index (χ1v) is 14.5. The minimum Gasteiger partial charge on any atom is -0.480 e. The molecule has 0 aliphatic carbocycles. The summed E-state index contributed by atoms with van der Waals surface area (Å²) in [6.45, 7) is 0.340. The summed E-state index contributed by atoms with van der Waals surface area (Å²) in [5, 5.41) is 15.5. The first-order valence-electron chi connectivity index (χ1n) is 13.1. The number of hydroxylamine groups is 1. The molecule has 4 rings (SSSR count). The van der Waals surface area contributed by atoms with Crippen LogP contribution in [0.1, 0.15) is 25.7 Å². The third-order valence-electron chi connectivity index (χ3n) is 6.45. The number of carbonyl (C=O) groups excluding carboxylic acids is 1. The fourth-order valence-corrected chi connectivity index (χ4v) is 5.79. The van der Waals surface area contributed by atoms with Crippen molar-refractivity contribution >= 4 is 27.7 Å². The minimum absolute atomic E-state index is 0.0530. The van der Waals surface area contributed by atoms with Gasteiger partial charge >= 0.3 is 5.97 Å². The van der Waals surface area contributed by atoms with E-state index in [0.717, 1.165) is 31.6 Å². The number of aromatic nitrogens is 1. The number of hydrogen-bond acceptors (Lipinski definition) is 8. The summed E-state index contributed by atoms with van der Waals surface area (Å²) in [7, 11) is -4.22.